The van der Waals surface area contributed by atoms with Crippen LogP contribution in [0.1, 0.15) is 48.7 Å². The number of carbonyl (C=O) groups excluding carboxylic acids is 1. The summed E-state index contributed by atoms with van der Waals surface area (Å²) in [5, 5.41) is 27.8. The van der Waals surface area contributed by atoms with Crippen molar-refractivity contribution in [1.29, 1.82) is 0 Å². The molecule has 2 aliphatic rings. The number of carbonyl (C=O) groups is 1. The number of nitrogens with zero attached hydrogens (tertiary/aromatic N) is 4. The van der Waals surface area contributed by atoms with Crippen LogP contribution in [0, 0.1) is 28.9 Å². The van der Waals surface area contributed by atoms with E-state index in [0.717, 1.165) is 18.6 Å². The number of benzene rings is 2. The van der Waals surface area contributed by atoms with Crippen LogP contribution < -0.4 is 10.6 Å². The Balaban J connectivity index is 1.39. The molecule has 6 atom stereocenters. The lowest BCUT2D eigenvalue weighted by Gasteiger charge is -2.26. The maximum Gasteiger partial charge on any atom is 0.228 e. The molecular formula is C30H28F2N6O3. The van der Waals surface area contributed by atoms with Gasteiger partial charge in [0.15, 0.2) is 28.6 Å². The second-order valence-electron chi connectivity index (χ2n) is 10.8. The molecule has 2 saturated carbocycles. The highest BCUT2D eigenvalue weighted by Crippen LogP contribution is 2.46. The average Bonchev–Trinajstić information content (AvgIpc) is 3.55. The summed E-state index contributed by atoms with van der Waals surface area (Å²) in [6, 6.07) is 12.9. The topological polar surface area (TPSA) is 125 Å². The van der Waals surface area contributed by atoms with Crippen LogP contribution >= 0.6 is 0 Å². The van der Waals surface area contributed by atoms with Gasteiger partial charge in [0.1, 0.15) is 6.10 Å². The van der Waals surface area contributed by atoms with Gasteiger partial charge in [-0.2, -0.15) is 0 Å². The summed E-state index contributed by atoms with van der Waals surface area (Å²) in [6.45, 7) is 1.61. The van der Waals surface area contributed by atoms with E-state index in [1.807, 2.05) is 18.2 Å². The van der Waals surface area contributed by atoms with Gasteiger partial charge in [-0.15, -0.1) is 0 Å². The van der Waals surface area contributed by atoms with Crippen LogP contribution in [0.5, 0.6) is 0 Å². The summed E-state index contributed by atoms with van der Waals surface area (Å²) < 4.78 is 28.8. The van der Waals surface area contributed by atoms with Crippen LogP contribution in [0.4, 0.5) is 14.6 Å². The Morgan fingerprint density at radius 2 is 1.88 bits per heavy atom. The lowest BCUT2D eigenvalue weighted by Crippen LogP contribution is -2.45. The minimum absolute atomic E-state index is 0.100. The van der Waals surface area contributed by atoms with Gasteiger partial charge in [0.25, 0.3) is 0 Å². The number of fused-ring (bicyclic) bond motifs is 1. The molecule has 2 aliphatic carbocycles. The van der Waals surface area contributed by atoms with E-state index >= 15 is 0 Å². The zero-order valence-corrected chi connectivity index (χ0v) is 22.3. The number of aliphatic hydroxyl groups is 2. The fourth-order valence-corrected chi connectivity index (χ4v) is 5.66. The molecule has 4 aromatic rings. The maximum absolute atomic E-state index is 13.7. The lowest BCUT2D eigenvalue weighted by atomic mass is 9.85. The first-order chi connectivity index (χ1) is 19.7. The molecule has 2 heterocycles. The van der Waals surface area contributed by atoms with Crippen molar-refractivity contribution in [1.82, 2.24) is 24.8 Å². The minimum Gasteiger partial charge on any atom is -0.389 e. The summed E-state index contributed by atoms with van der Waals surface area (Å²) in [6.07, 6.45) is -0.0282. The molecule has 6 rings (SSSR count). The lowest BCUT2D eigenvalue weighted by molar-refractivity contribution is -0.136. The molecule has 9 nitrogen and oxygen atoms in total. The predicted molar refractivity (Wildman–Crippen MR) is 147 cm³/mol. The van der Waals surface area contributed by atoms with Gasteiger partial charge >= 0.3 is 0 Å². The summed E-state index contributed by atoms with van der Waals surface area (Å²) in [4.78, 5) is 26.3. The number of aromatic nitrogens is 4. The van der Waals surface area contributed by atoms with Crippen molar-refractivity contribution >= 4 is 22.9 Å². The van der Waals surface area contributed by atoms with Crippen LogP contribution in [0.2, 0.25) is 0 Å². The zero-order chi connectivity index (χ0) is 28.9. The van der Waals surface area contributed by atoms with Crippen LogP contribution in [-0.2, 0) is 4.79 Å². The number of hydrogen-bond acceptors (Lipinski definition) is 7. The molecule has 210 valence electrons. The Morgan fingerprint density at radius 3 is 2.61 bits per heavy atom. The van der Waals surface area contributed by atoms with Crippen LogP contribution in [0.25, 0.3) is 11.2 Å². The molecular weight excluding hydrogens is 530 g/mol. The number of halogens is 2. The van der Waals surface area contributed by atoms with Crippen molar-refractivity contribution in [2.24, 2.45) is 5.41 Å². The molecule has 4 N–H and O–H groups in total. The highest BCUT2D eigenvalue weighted by atomic mass is 19.2. The third-order valence-corrected chi connectivity index (χ3v) is 8.11. The summed E-state index contributed by atoms with van der Waals surface area (Å²) >= 11 is 0. The predicted octanol–water partition coefficient (Wildman–Crippen LogP) is 2.89. The molecule has 11 heteroatoms. The molecule has 0 saturated heterocycles. The Kier molecular flexibility index (Phi) is 6.68. The van der Waals surface area contributed by atoms with Crippen molar-refractivity contribution in [2.45, 2.75) is 50.0 Å². The Bertz CT molecular complexity index is 1700. The van der Waals surface area contributed by atoms with Crippen molar-refractivity contribution in [3.8, 4) is 11.8 Å². The van der Waals surface area contributed by atoms with Crippen LogP contribution in [0.15, 0.2) is 54.9 Å². The second-order valence-corrected chi connectivity index (χ2v) is 10.8. The standard InChI is InChI=1S/C30H28F2N6O3/c1-30(29(41)33-2)14-22(25(39)26(30)40)38-15-34-24-27(35-21-13-18(21)17-6-4-3-5-7-17)36-23(37-28(24)38)11-9-16-8-10-19(31)20(32)12-16/h3-8,10,12,15,18,21-22,25-26,39-40H,13-14H2,1-2H3,(H,33,41)(H,35,36,37)/t18?,21?,22-,25+,26+,30+/m1/s1. The van der Waals surface area contributed by atoms with Gasteiger partial charge in [-0.1, -0.05) is 36.3 Å². The molecule has 0 aliphatic heterocycles. The number of nitrogens with one attached hydrogen (secondary N) is 2. The maximum atomic E-state index is 13.7. The third-order valence-electron chi connectivity index (χ3n) is 8.11. The van der Waals surface area contributed by atoms with Crippen LogP contribution in [-0.4, -0.2) is 60.9 Å². The van der Waals surface area contributed by atoms with E-state index < -0.39 is 35.3 Å². The van der Waals surface area contributed by atoms with Crippen molar-refractivity contribution in [3.05, 3.63) is 83.4 Å². The summed E-state index contributed by atoms with van der Waals surface area (Å²) in [5.74, 6) is 4.07. The van der Waals surface area contributed by atoms with Gasteiger partial charge in [0, 0.05) is 24.6 Å². The van der Waals surface area contributed by atoms with Gasteiger partial charge < -0.3 is 25.4 Å². The SMILES string of the molecule is CNC(=O)[C@@]1(C)C[C@@H](n2cnc3c(NC4CC4c4ccccc4)nc(C#Cc4ccc(F)c(F)c4)nc32)[C@H](O)[C@@H]1O. The highest BCUT2D eigenvalue weighted by Gasteiger charge is 2.55. The molecule has 1 amide bonds. The Morgan fingerprint density at radius 1 is 1.10 bits per heavy atom. The highest BCUT2D eigenvalue weighted by molar-refractivity contribution is 5.85. The number of imidazole rings is 1. The summed E-state index contributed by atoms with van der Waals surface area (Å²) in [5.41, 5.74) is 1.02. The first-order valence-corrected chi connectivity index (χ1v) is 13.3. The van der Waals surface area contributed by atoms with E-state index in [0.29, 0.717) is 22.9 Å². The fourth-order valence-electron chi connectivity index (χ4n) is 5.66. The first-order valence-electron chi connectivity index (χ1n) is 13.3. The number of anilines is 1. The number of hydrogen-bond donors (Lipinski definition) is 4. The molecule has 41 heavy (non-hydrogen) atoms. The quantitative estimate of drug-likeness (QED) is 0.278. The molecule has 0 radical (unpaired) electrons. The number of aliphatic hydroxyl groups excluding tert-OH is 2. The van der Waals surface area contributed by atoms with Gasteiger partial charge in [0.05, 0.1) is 23.9 Å². The van der Waals surface area contributed by atoms with Crippen molar-refractivity contribution in [3.63, 3.8) is 0 Å². The molecule has 2 fully saturated rings. The first kappa shape index (κ1) is 26.8. The third kappa shape index (κ3) is 4.79. The molecule has 2 aromatic heterocycles. The average molecular weight is 559 g/mol. The van der Waals surface area contributed by atoms with Gasteiger partial charge in [-0.25, -0.2) is 23.7 Å². The summed E-state index contributed by atoms with van der Waals surface area (Å²) in [7, 11) is 1.48. The minimum atomic E-state index is -1.31. The van der Waals surface area contributed by atoms with E-state index in [1.54, 1.807) is 11.5 Å². The van der Waals surface area contributed by atoms with Crippen molar-refractivity contribution in [2.75, 3.05) is 12.4 Å². The van der Waals surface area contributed by atoms with E-state index in [4.69, 9.17) is 0 Å². The van der Waals surface area contributed by atoms with E-state index in [-0.39, 0.29) is 29.8 Å². The Labute approximate surface area is 234 Å². The largest absolute Gasteiger partial charge is 0.389 e. The molecule has 0 bridgehead atoms. The van der Waals surface area contributed by atoms with Gasteiger partial charge in [-0.05, 0) is 49.4 Å². The van der Waals surface area contributed by atoms with E-state index in [9.17, 15) is 23.8 Å². The van der Waals surface area contributed by atoms with E-state index in [1.165, 1.54) is 25.0 Å². The fraction of sp³-hybridized carbons (Fsp3) is 0.333. The smallest absolute Gasteiger partial charge is 0.228 e. The van der Waals surface area contributed by atoms with Crippen LogP contribution in [0.3, 0.4) is 0 Å². The van der Waals surface area contributed by atoms with E-state index in [2.05, 4.69) is 49.6 Å². The monoisotopic (exact) mass is 558 g/mol. The normalized spacial score (nSPS) is 26.8. The Hall–Kier alpha value is -4.40. The molecule has 0 spiro atoms. The van der Waals surface area contributed by atoms with Gasteiger partial charge in [0.2, 0.25) is 11.7 Å². The van der Waals surface area contributed by atoms with Gasteiger partial charge in [-0.3, -0.25) is 4.79 Å². The zero-order valence-electron chi connectivity index (χ0n) is 22.3. The molecule has 2 unspecified atom stereocenters. The second kappa shape index (κ2) is 10.2. The molecule has 2 aromatic carbocycles. The number of rotatable bonds is 5. The van der Waals surface area contributed by atoms with Crippen molar-refractivity contribution < 1.29 is 23.8 Å². The number of amides is 1.